The predicted octanol–water partition coefficient (Wildman–Crippen LogP) is -0.0803. The third-order valence-corrected chi connectivity index (χ3v) is 3.84. The van der Waals surface area contributed by atoms with Crippen molar-refractivity contribution in [2.75, 3.05) is 46.0 Å². The fraction of sp³-hybridized carbons (Fsp3) is 0.846. The zero-order valence-electron chi connectivity index (χ0n) is 12.6. The molecule has 1 unspecified atom stereocenters. The van der Waals surface area contributed by atoms with Crippen molar-refractivity contribution in [3.8, 4) is 0 Å². The summed E-state index contributed by atoms with van der Waals surface area (Å²) in [6.07, 6.45) is -4.42. The van der Waals surface area contributed by atoms with Crippen molar-refractivity contribution in [1.29, 1.82) is 0 Å². The second-order valence-corrected chi connectivity index (χ2v) is 5.42. The molecule has 0 bridgehead atoms. The molecule has 1 atom stereocenters. The van der Waals surface area contributed by atoms with E-state index in [1.54, 1.807) is 0 Å². The van der Waals surface area contributed by atoms with Gasteiger partial charge in [-0.25, -0.2) is 5.48 Å². The maximum absolute atomic E-state index is 12.5. The Hall–Kier alpha value is -1.39. The third-order valence-electron chi connectivity index (χ3n) is 3.84. The molecule has 0 aromatic rings. The van der Waals surface area contributed by atoms with E-state index in [0.717, 1.165) is 13.1 Å². The van der Waals surface area contributed by atoms with Crippen LogP contribution in [-0.2, 0) is 19.2 Å². The molecule has 0 spiro atoms. The van der Waals surface area contributed by atoms with Gasteiger partial charge >= 0.3 is 12.1 Å². The monoisotopic (exact) mass is 339 g/mol. The number of nitrogens with one attached hydrogen (secondary N) is 1. The lowest BCUT2D eigenvalue weighted by atomic mass is 10.2. The molecule has 7 nitrogen and oxygen atoms in total. The first kappa shape index (κ1) is 18.0. The molecule has 2 heterocycles. The van der Waals surface area contributed by atoms with Crippen molar-refractivity contribution in [3.63, 3.8) is 0 Å². The van der Waals surface area contributed by atoms with Crippen LogP contribution in [0.15, 0.2) is 0 Å². The van der Waals surface area contributed by atoms with Crippen molar-refractivity contribution in [2.24, 2.45) is 0 Å². The number of amides is 2. The SMILES string of the molecule is O=C(NOCCN1CCOCC1)C1CCCN1C(=O)C(F)(F)F. The van der Waals surface area contributed by atoms with Gasteiger partial charge in [-0.05, 0) is 12.8 Å². The first-order valence-corrected chi connectivity index (χ1v) is 7.49. The highest BCUT2D eigenvalue weighted by Crippen LogP contribution is 2.25. The van der Waals surface area contributed by atoms with Gasteiger partial charge in [-0.1, -0.05) is 0 Å². The summed E-state index contributed by atoms with van der Waals surface area (Å²) in [6, 6.07) is -1.13. The smallest absolute Gasteiger partial charge is 0.379 e. The number of hydrogen-bond donors (Lipinski definition) is 1. The molecule has 2 aliphatic rings. The van der Waals surface area contributed by atoms with Crippen LogP contribution in [0.4, 0.5) is 13.2 Å². The van der Waals surface area contributed by atoms with Gasteiger partial charge in [-0.15, -0.1) is 0 Å². The lowest BCUT2D eigenvalue weighted by molar-refractivity contribution is -0.187. The summed E-state index contributed by atoms with van der Waals surface area (Å²) in [5, 5.41) is 0. The Labute approximate surface area is 131 Å². The molecular formula is C13H20F3N3O4. The molecular weight excluding hydrogens is 319 g/mol. The topological polar surface area (TPSA) is 71.1 Å². The van der Waals surface area contributed by atoms with Gasteiger partial charge in [-0.2, -0.15) is 13.2 Å². The van der Waals surface area contributed by atoms with E-state index in [2.05, 4.69) is 10.4 Å². The van der Waals surface area contributed by atoms with Crippen LogP contribution in [0.3, 0.4) is 0 Å². The summed E-state index contributed by atoms with van der Waals surface area (Å²) < 4.78 is 42.6. The van der Waals surface area contributed by atoms with Gasteiger partial charge in [0.05, 0.1) is 19.8 Å². The summed E-state index contributed by atoms with van der Waals surface area (Å²) in [6.45, 7) is 3.54. The zero-order chi connectivity index (χ0) is 16.9. The normalized spacial score (nSPS) is 23.1. The minimum atomic E-state index is -4.97. The number of nitrogens with zero attached hydrogens (tertiary/aromatic N) is 2. The lowest BCUT2D eigenvalue weighted by Crippen LogP contribution is -2.50. The van der Waals surface area contributed by atoms with Crippen molar-refractivity contribution in [2.45, 2.75) is 25.1 Å². The Morgan fingerprint density at radius 1 is 1.22 bits per heavy atom. The summed E-state index contributed by atoms with van der Waals surface area (Å²) >= 11 is 0. The molecule has 2 saturated heterocycles. The number of alkyl halides is 3. The summed E-state index contributed by atoms with van der Waals surface area (Å²) in [5.74, 6) is -2.70. The van der Waals surface area contributed by atoms with Crippen LogP contribution >= 0.6 is 0 Å². The number of ether oxygens (including phenoxy) is 1. The van der Waals surface area contributed by atoms with Gasteiger partial charge < -0.3 is 9.64 Å². The molecule has 2 fully saturated rings. The highest BCUT2D eigenvalue weighted by Gasteiger charge is 2.47. The first-order chi connectivity index (χ1) is 10.9. The van der Waals surface area contributed by atoms with E-state index in [1.165, 1.54) is 0 Å². The molecule has 132 valence electrons. The quantitative estimate of drug-likeness (QED) is 0.560. The van der Waals surface area contributed by atoms with E-state index >= 15 is 0 Å². The summed E-state index contributed by atoms with van der Waals surface area (Å²) in [5.41, 5.74) is 2.14. The second-order valence-electron chi connectivity index (χ2n) is 5.42. The molecule has 10 heteroatoms. The van der Waals surface area contributed by atoms with Crippen LogP contribution in [0.5, 0.6) is 0 Å². The fourth-order valence-corrected chi connectivity index (χ4v) is 2.63. The van der Waals surface area contributed by atoms with Gasteiger partial charge in [-0.3, -0.25) is 19.3 Å². The molecule has 2 amide bonds. The Balaban J connectivity index is 1.72. The average molecular weight is 339 g/mol. The third kappa shape index (κ3) is 5.05. The van der Waals surface area contributed by atoms with Crippen molar-refractivity contribution < 1.29 is 32.3 Å². The lowest BCUT2D eigenvalue weighted by Gasteiger charge is -2.27. The minimum Gasteiger partial charge on any atom is -0.379 e. The van der Waals surface area contributed by atoms with Gasteiger partial charge in [0.15, 0.2) is 0 Å². The largest absolute Gasteiger partial charge is 0.471 e. The molecule has 0 aliphatic carbocycles. The van der Waals surface area contributed by atoms with Gasteiger partial charge in [0.2, 0.25) is 0 Å². The zero-order valence-corrected chi connectivity index (χ0v) is 12.6. The van der Waals surface area contributed by atoms with E-state index in [0.29, 0.717) is 31.1 Å². The highest BCUT2D eigenvalue weighted by molar-refractivity contribution is 5.90. The van der Waals surface area contributed by atoms with Crippen LogP contribution in [0.2, 0.25) is 0 Å². The van der Waals surface area contributed by atoms with E-state index in [1.807, 2.05) is 0 Å². The Morgan fingerprint density at radius 2 is 1.91 bits per heavy atom. The van der Waals surface area contributed by atoms with Crippen LogP contribution in [0.25, 0.3) is 0 Å². The van der Waals surface area contributed by atoms with Crippen LogP contribution in [0.1, 0.15) is 12.8 Å². The number of carbonyl (C=O) groups is 2. The van der Waals surface area contributed by atoms with Gasteiger partial charge in [0, 0.05) is 26.2 Å². The number of hydroxylamine groups is 1. The van der Waals surface area contributed by atoms with E-state index in [4.69, 9.17) is 9.57 Å². The van der Waals surface area contributed by atoms with Crippen LogP contribution in [0, 0.1) is 0 Å². The number of rotatable bonds is 5. The molecule has 2 aliphatic heterocycles. The fourth-order valence-electron chi connectivity index (χ4n) is 2.63. The number of hydrogen-bond acceptors (Lipinski definition) is 5. The molecule has 0 saturated carbocycles. The maximum atomic E-state index is 12.5. The minimum absolute atomic E-state index is 0.0792. The molecule has 1 N–H and O–H groups in total. The molecule has 23 heavy (non-hydrogen) atoms. The predicted molar refractivity (Wildman–Crippen MR) is 72.1 cm³/mol. The van der Waals surface area contributed by atoms with Crippen molar-refractivity contribution in [1.82, 2.24) is 15.3 Å². The number of likely N-dealkylation sites (tertiary alicyclic amines) is 1. The summed E-state index contributed by atoms with van der Waals surface area (Å²) in [4.78, 5) is 30.9. The molecule has 0 aromatic heterocycles. The Bertz CT molecular complexity index is 427. The first-order valence-electron chi connectivity index (χ1n) is 7.49. The van der Waals surface area contributed by atoms with Crippen molar-refractivity contribution >= 4 is 11.8 Å². The Morgan fingerprint density at radius 3 is 2.57 bits per heavy atom. The number of halogens is 3. The van der Waals surface area contributed by atoms with Crippen LogP contribution < -0.4 is 5.48 Å². The molecule has 2 rings (SSSR count). The highest BCUT2D eigenvalue weighted by atomic mass is 19.4. The van der Waals surface area contributed by atoms with E-state index in [-0.39, 0.29) is 19.6 Å². The second kappa shape index (κ2) is 7.93. The summed E-state index contributed by atoms with van der Waals surface area (Å²) in [7, 11) is 0. The van der Waals surface area contributed by atoms with Gasteiger partial charge in [0.25, 0.3) is 5.91 Å². The average Bonchev–Trinajstić information content (AvgIpc) is 3.00. The van der Waals surface area contributed by atoms with Crippen molar-refractivity contribution in [3.05, 3.63) is 0 Å². The molecule has 0 radical (unpaired) electrons. The molecule has 0 aromatic carbocycles. The maximum Gasteiger partial charge on any atom is 0.471 e. The number of carbonyl (C=O) groups excluding carboxylic acids is 2. The van der Waals surface area contributed by atoms with E-state index < -0.39 is 24.0 Å². The van der Waals surface area contributed by atoms with Gasteiger partial charge in [0.1, 0.15) is 6.04 Å². The van der Waals surface area contributed by atoms with E-state index in [9.17, 15) is 22.8 Å². The number of morpholine rings is 1. The van der Waals surface area contributed by atoms with Crippen LogP contribution in [-0.4, -0.2) is 79.8 Å². The Kier molecular flexibility index (Phi) is 6.19. The standard InChI is InChI=1S/C13H20F3N3O4/c14-13(15,16)12(21)19-3-1-2-10(19)11(20)17-23-9-6-18-4-7-22-8-5-18/h10H,1-9H2,(H,17,20).